The monoisotopic (exact) mass is 531 g/mol. The van der Waals surface area contributed by atoms with E-state index in [2.05, 4.69) is 38.1 Å². The van der Waals surface area contributed by atoms with Gasteiger partial charge in [-0.15, -0.1) is 0 Å². The number of benzene rings is 1. The van der Waals surface area contributed by atoms with Crippen molar-refractivity contribution in [3.05, 3.63) is 27.1 Å². The van der Waals surface area contributed by atoms with Crippen molar-refractivity contribution in [3.8, 4) is 6.19 Å². The van der Waals surface area contributed by atoms with E-state index in [9.17, 15) is 13.7 Å². The zero-order chi connectivity index (χ0) is 20.3. The van der Waals surface area contributed by atoms with E-state index in [1.54, 1.807) is 21.3 Å². The molecule has 1 saturated carbocycles. The topological polar surface area (TPSA) is 64.4 Å². The summed E-state index contributed by atoms with van der Waals surface area (Å²) in [5.41, 5.74) is 0. The van der Waals surface area contributed by atoms with Crippen LogP contribution in [0, 0.1) is 17.4 Å². The molecule has 1 saturated heterocycles. The summed E-state index contributed by atoms with van der Waals surface area (Å²) in [4.78, 5) is 1.98. The standard InChI is InChI=1S/C20H27Br2N3O2S/c1-15-11-18(13-24(15)14-23)25(10-9-16-5-3-2-4-6-16)28(26,27)20-12-17(21)7-8-19(20)22/h7-8,12,15-16,18H,2-6,9-11,13H2,1H3/t15-,18+/m0/s1. The molecule has 2 atom stereocenters. The first-order valence-electron chi connectivity index (χ1n) is 9.96. The van der Waals surface area contributed by atoms with Crippen LogP contribution in [0.15, 0.2) is 32.0 Å². The van der Waals surface area contributed by atoms with Gasteiger partial charge in [0.15, 0.2) is 6.19 Å². The lowest BCUT2D eigenvalue weighted by atomic mass is 9.87. The Balaban J connectivity index is 1.88. The zero-order valence-corrected chi connectivity index (χ0v) is 20.1. The lowest BCUT2D eigenvalue weighted by molar-refractivity contribution is 0.267. The Morgan fingerprint density at radius 3 is 2.61 bits per heavy atom. The summed E-state index contributed by atoms with van der Waals surface area (Å²) < 4.78 is 30.3. The molecule has 28 heavy (non-hydrogen) atoms. The molecule has 0 unspecified atom stereocenters. The highest BCUT2D eigenvalue weighted by Gasteiger charge is 2.39. The molecule has 8 heteroatoms. The number of halogens is 2. The van der Waals surface area contributed by atoms with Crippen molar-refractivity contribution in [2.45, 2.75) is 68.8 Å². The summed E-state index contributed by atoms with van der Waals surface area (Å²) in [6, 6.07) is 5.13. The highest BCUT2D eigenvalue weighted by molar-refractivity contribution is 9.11. The Hall–Kier alpha value is -0.620. The molecule has 3 rings (SSSR count). The van der Waals surface area contributed by atoms with Gasteiger partial charge in [0, 0.05) is 34.1 Å². The van der Waals surface area contributed by atoms with Crippen molar-refractivity contribution < 1.29 is 8.42 Å². The third-order valence-electron chi connectivity index (χ3n) is 6.05. The molecule has 2 fully saturated rings. The first kappa shape index (κ1) is 22.1. The molecule has 0 radical (unpaired) electrons. The number of sulfonamides is 1. The van der Waals surface area contributed by atoms with Crippen molar-refractivity contribution >= 4 is 41.9 Å². The Bertz CT molecular complexity index is 834. The predicted molar refractivity (Wildman–Crippen MR) is 117 cm³/mol. The molecule has 0 spiro atoms. The fourth-order valence-corrected chi connectivity index (χ4v) is 7.54. The molecule has 0 bridgehead atoms. The molecule has 1 aromatic rings. The van der Waals surface area contributed by atoms with Gasteiger partial charge in [0.05, 0.1) is 4.90 Å². The second kappa shape index (κ2) is 9.46. The van der Waals surface area contributed by atoms with Crippen molar-refractivity contribution in [2.75, 3.05) is 13.1 Å². The van der Waals surface area contributed by atoms with Crippen LogP contribution in [0.25, 0.3) is 0 Å². The summed E-state index contributed by atoms with van der Waals surface area (Å²) in [5, 5.41) is 9.36. The average Bonchev–Trinajstić information content (AvgIpc) is 3.04. The highest BCUT2D eigenvalue weighted by Crippen LogP contribution is 2.34. The van der Waals surface area contributed by atoms with Crippen LogP contribution < -0.4 is 0 Å². The van der Waals surface area contributed by atoms with Crippen LogP contribution in [-0.2, 0) is 10.0 Å². The Labute approximate surface area is 185 Å². The number of rotatable bonds is 6. The maximum atomic E-state index is 13.6. The highest BCUT2D eigenvalue weighted by atomic mass is 79.9. The molecule has 2 aliphatic rings. The van der Waals surface area contributed by atoms with Crippen molar-refractivity contribution in [1.29, 1.82) is 5.26 Å². The molecule has 1 aromatic carbocycles. The van der Waals surface area contributed by atoms with Crippen LogP contribution >= 0.6 is 31.9 Å². The van der Waals surface area contributed by atoms with E-state index in [0.717, 1.165) is 10.9 Å². The van der Waals surface area contributed by atoms with Crippen LogP contribution in [0.5, 0.6) is 0 Å². The maximum absolute atomic E-state index is 13.6. The number of hydrogen-bond acceptors (Lipinski definition) is 4. The maximum Gasteiger partial charge on any atom is 0.244 e. The number of likely N-dealkylation sites (tertiary alicyclic amines) is 1. The summed E-state index contributed by atoms with van der Waals surface area (Å²) in [5.74, 6) is 0.600. The zero-order valence-electron chi connectivity index (χ0n) is 16.2. The first-order chi connectivity index (χ1) is 13.3. The molecule has 0 N–H and O–H groups in total. The summed E-state index contributed by atoms with van der Waals surface area (Å²) in [7, 11) is -3.67. The quantitative estimate of drug-likeness (QED) is 0.477. The van der Waals surface area contributed by atoms with Crippen molar-refractivity contribution in [1.82, 2.24) is 9.21 Å². The normalized spacial score (nSPS) is 23.9. The van der Waals surface area contributed by atoms with Gasteiger partial charge < -0.3 is 4.90 Å². The minimum Gasteiger partial charge on any atom is -0.306 e. The van der Waals surface area contributed by atoms with Gasteiger partial charge in [-0.05, 0) is 59.8 Å². The third-order valence-corrected chi connectivity index (χ3v) is 9.49. The molecule has 154 valence electrons. The van der Waals surface area contributed by atoms with E-state index in [4.69, 9.17) is 0 Å². The summed E-state index contributed by atoms with van der Waals surface area (Å²) >= 11 is 6.82. The fourth-order valence-electron chi connectivity index (χ4n) is 4.44. The lowest BCUT2D eigenvalue weighted by Crippen LogP contribution is -2.43. The number of nitriles is 1. The SMILES string of the molecule is C[C@H]1C[C@@H](N(CCC2CCCCC2)S(=O)(=O)c2cc(Br)ccc2Br)CN1C#N. The molecule has 1 aliphatic heterocycles. The summed E-state index contributed by atoms with van der Waals surface area (Å²) in [6.07, 6.45) is 9.96. The van der Waals surface area contributed by atoms with Gasteiger partial charge in [-0.25, -0.2) is 8.42 Å². The van der Waals surface area contributed by atoms with Crippen LogP contribution in [-0.4, -0.2) is 42.8 Å². The molecule has 0 amide bonds. The molecule has 5 nitrogen and oxygen atoms in total. The third kappa shape index (κ3) is 4.92. The van der Waals surface area contributed by atoms with E-state index >= 15 is 0 Å². The minimum absolute atomic E-state index is 0.0633. The van der Waals surface area contributed by atoms with E-state index in [0.29, 0.717) is 29.9 Å². The molecule has 1 aliphatic carbocycles. The molecular formula is C20H27Br2N3O2S. The lowest BCUT2D eigenvalue weighted by Gasteiger charge is -2.30. The van der Waals surface area contributed by atoms with Gasteiger partial charge >= 0.3 is 0 Å². The molecular weight excluding hydrogens is 506 g/mol. The largest absolute Gasteiger partial charge is 0.306 e. The number of hydrogen-bond donors (Lipinski definition) is 0. The first-order valence-corrected chi connectivity index (χ1v) is 13.0. The fraction of sp³-hybridized carbons (Fsp3) is 0.650. The van der Waals surface area contributed by atoms with Gasteiger partial charge in [-0.2, -0.15) is 9.57 Å². The van der Waals surface area contributed by atoms with Crippen LogP contribution in [0.3, 0.4) is 0 Å². The van der Waals surface area contributed by atoms with E-state index in [-0.39, 0.29) is 17.0 Å². The van der Waals surface area contributed by atoms with Crippen LogP contribution in [0.1, 0.15) is 51.9 Å². The van der Waals surface area contributed by atoms with Gasteiger partial charge in [0.1, 0.15) is 0 Å². The van der Waals surface area contributed by atoms with Gasteiger partial charge in [-0.1, -0.05) is 48.0 Å². The second-order valence-electron chi connectivity index (χ2n) is 7.97. The summed E-state index contributed by atoms with van der Waals surface area (Å²) in [6.45, 7) is 2.97. The van der Waals surface area contributed by atoms with E-state index in [1.165, 1.54) is 32.1 Å². The Morgan fingerprint density at radius 1 is 1.25 bits per heavy atom. The predicted octanol–water partition coefficient (Wildman–Crippen LogP) is 5.12. The van der Waals surface area contributed by atoms with E-state index < -0.39 is 10.0 Å². The smallest absolute Gasteiger partial charge is 0.244 e. The average molecular weight is 533 g/mol. The molecule has 1 heterocycles. The molecule has 0 aromatic heterocycles. The Morgan fingerprint density at radius 2 is 1.96 bits per heavy atom. The van der Waals surface area contributed by atoms with Crippen LogP contribution in [0.2, 0.25) is 0 Å². The van der Waals surface area contributed by atoms with Gasteiger partial charge in [0.2, 0.25) is 10.0 Å². The van der Waals surface area contributed by atoms with Gasteiger partial charge in [-0.3, -0.25) is 0 Å². The second-order valence-corrected chi connectivity index (χ2v) is 11.6. The van der Waals surface area contributed by atoms with E-state index in [1.807, 2.05) is 13.0 Å². The van der Waals surface area contributed by atoms with Crippen molar-refractivity contribution in [3.63, 3.8) is 0 Å². The van der Waals surface area contributed by atoms with Gasteiger partial charge in [0.25, 0.3) is 0 Å². The Kier molecular flexibility index (Phi) is 7.46. The number of nitrogens with zero attached hydrogens (tertiary/aromatic N) is 3. The minimum atomic E-state index is -3.67. The van der Waals surface area contributed by atoms with Crippen molar-refractivity contribution in [2.24, 2.45) is 5.92 Å². The van der Waals surface area contributed by atoms with Crippen LogP contribution in [0.4, 0.5) is 0 Å².